The number of hydrogen-bond acceptors (Lipinski definition) is 4. The van der Waals surface area contributed by atoms with Crippen LogP contribution in [0.2, 0.25) is 0 Å². The van der Waals surface area contributed by atoms with Crippen molar-refractivity contribution in [2.24, 2.45) is 17.3 Å². The number of likely N-dealkylation sites (tertiary alicyclic amines) is 1. The highest BCUT2D eigenvalue weighted by Crippen LogP contribution is 2.50. The second-order valence-corrected chi connectivity index (χ2v) is 13.2. The lowest BCUT2D eigenvalue weighted by Gasteiger charge is -2.47. The van der Waals surface area contributed by atoms with Crippen molar-refractivity contribution in [2.75, 3.05) is 13.2 Å². The molecule has 2 bridgehead atoms. The van der Waals surface area contributed by atoms with E-state index in [0.29, 0.717) is 31.7 Å². The maximum atomic E-state index is 15.5. The highest BCUT2D eigenvalue weighted by molar-refractivity contribution is 5.97. The molecule has 3 aliphatic rings. The van der Waals surface area contributed by atoms with E-state index in [-0.39, 0.29) is 16.9 Å². The van der Waals surface area contributed by atoms with Crippen LogP contribution >= 0.6 is 0 Å². The first-order chi connectivity index (χ1) is 17.4. The summed E-state index contributed by atoms with van der Waals surface area (Å²) in [6.45, 7) is 12.8. The van der Waals surface area contributed by atoms with E-state index in [1.165, 1.54) is 49.5 Å². The van der Waals surface area contributed by atoms with Crippen molar-refractivity contribution in [2.45, 2.75) is 117 Å². The number of benzene rings is 1. The van der Waals surface area contributed by atoms with Gasteiger partial charge < -0.3 is 14.4 Å². The Kier molecular flexibility index (Phi) is 8.25. The Balaban J connectivity index is 1.54. The highest BCUT2D eigenvalue weighted by Gasteiger charge is 2.42. The number of halogens is 1. The third-order valence-electron chi connectivity index (χ3n) is 8.76. The molecule has 37 heavy (non-hydrogen) atoms. The van der Waals surface area contributed by atoms with Crippen molar-refractivity contribution in [1.82, 2.24) is 4.90 Å². The van der Waals surface area contributed by atoms with Crippen LogP contribution in [0.4, 0.5) is 4.39 Å². The van der Waals surface area contributed by atoms with Gasteiger partial charge in [0.1, 0.15) is 23.2 Å². The average molecular weight is 516 g/mol. The zero-order chi connectivity index (χ0) is 27.0. The van der Waals surface area contributed by atoms with Crippen molar-refractivity contribution >= 4 is 11.9 Å². The van der Waals surface area contributed by atoms with E-state index in [1.54, 1.807) is 6.07 Å². The number of ether oxygens (including phenoxy) is 2. The van der Waals surface area contributed by atoms with Gasteiger partial charge in [0, 0.05) is 18.0 Å². The van der Waals surface area contributed by atoms with E-state index >= 15 is 4.39 Å². The molecule has 1 aromatic carbocycles. The second-order valence-electron chi connectivity index (χ2n) is 13.2. The van der Waals surface area contributed by atoms with Crippen LogP contribution in [-0.2, 0) is 9.53 Å². The van der Waals surface area contributed by atoms with Crippen molar-refractivity contribution in [3.05, 3.63) is 29.1 Å². The van der Waals surface area contributed by atoms with E-state index in [0.717, 1.165) is 23.8 Å². The smallest absolute Gasteiger partial charge is 0.329 e. The zero-order valence-corrected chi connectivity index (χ0v) is 23.7. The number of esters is 1. The summed E-state index contributed by atoms with van der Waals surface area (Å²) in [6.07, 6.45) is 10.0. The molecule has 4 rings (SSSR count). The van der Waals surface area contributed by atoms with Gasteiger partial charge in [-0.1, -0.05) is 40.0 Å². The number of hydrogen-bond donors (Lipinski definition) is 0. The second kappa shape index (κ2) is 10.9. The third-order valence-corrected chi connectivity index (χ3v) is 8.76. The molecule has 2 aliphatic carbocycles. The van der Waals surface area contributed by atoms with Crippen LogP contribution in [0.3, 0.4) is 0 Å². The van der Waals surface area contributed by atoms with Crippen LogP contribution < -0.4 is 4.74 Å². The minimum absolute atomic E-state index is 0.00362. The predicted octanol–water partition coefficient (Wildman–Crippen LogP) is 7.27. The number of fused-ring (bicyclic) bond motifs is 2. The molecule has 2 unspecified atom stereocenters. The molecule has 0 aromatic heterocycles. The number of carbonyl (C=O) groups excluding carboxylic acids is 2. The highest BCUT2D eigenvalue weighted by atomic mass is 19.1. The molecule has 2 saturated carbocycles. The summed E-state index contributed by atoms with van der Waals surface area (Å²) in [4.78, 5) is 27.7. The van der Waals surface area contributed by atoms with Gasteiger partial charge in [-0.2, -0.15) is 0 Å². The molecule has 1 amide bonds. The Bertz CT molecular complexity index is 986. The molecule has 0 spiro atoms. The summed E-state index contributed by atoms with van der Waals surface area (Å²) in [5, 5.41) is 0. The maximum Gasteiger partial charge on any atom is 0.329 e. The largest absolute Gasteiger partial charge is 0.493 e. The minimum Gasteiger partial charge on any atom is -0.493 e. The van der Waals surface area contributed by atoms with Crippen molar-refractivity contribution in [1.29, 1.82) is 0 Å². The minimum atomic E-state index is -0.681. The topological polar surface area (TPSA) is 55.8 Å². The van der Waals surface area contributed by atoms with Crippen LogP contribution in [0.5, 0.6) is 5.75 Å². The molecule has 1 aromatic rings. The molecule has 0 N–H and O–H groups in total. The summed E-state index contributed by atoms with van der Waals surface area (Å²) in [5.41, 5.74) is 0.337. The summed E-state index contributed by atoms with van der Waals surface area (Å²) in [7, 11) is 0. The van der Waals surface area contributed by atoms with Gasteiger partial charge in [0.05, 0.1) is 12.2 Å². The summed E-state index contributed by atoms with van der Waals surface area (Å²) >= 11 is 0. The van der Waals surface area contributed by atoms with E-state index in [1.807, 2.05) is 34.6 Å². The van der Waals surface area contributed by atoms with Crippen LogP contribution in [-0.4, -0.2) is 41.6 Å². The Hall–Kier alpha value is -2.11. The Morgan fingerprint density at radius 3 is 2.38 bits per heavy atom. The van der Waals surface area contributed by atoms with E-state index in [2.05, 4.69) is 6.92 Å². The first kappa shape index (κ1) is 27.9. The predicted molar refractivity (Wildman–Crippen MR) is 143 cm³/mol. The van der Waals surface area contributed by atoms with Gasteiger partial charge in [-0.3, -0.25) is 4.79 Å². The molecule has 1 aliphatic heterocycles. The lowest BCUT2D eigenvalue weighted by Crippen LogP contribution is -2.43. The monoisotopic (exact) mass is 515 g/mol. The third kappa shape index (κ3) is 6.31. The van der Waals surface area contributed by atoms with Gasteiger partial charge in [0.25, 0.3) is 5.91 Å². The number of amides is 1. The first-order valence-corrected chi connectivity index (χ1v) is 14.4. The molecule has 3 fully saturated rings. The van der Waals surface area contributed by atoms with Gasteiger partial charge in [0.15, 0.2) is 0 Å². The molecule has 1 saturated heterocycles. The van der Waals surface area contributed by atoms with Crippen LogP contribution in [0.1, 0.15) is 121 Å². The number of carbonyl (C=O) groups is 2. The summed E-state index contributed by atoms with van der Waals surface area (Å²) in [6, 6.07) is 2.37. The molecule has 1 heterocycles. The molecular formula is C31H46FNO4. The quantitative estimate of drug-likeness (QED) is 0.358. The average Bonchev–Trinajstić information content (AvgIpc) is 3.31. The van der Waals surface area contributed by atoms with Crippen molar-refractivity contribution < 1.29 is 23.5 Å². The molecule has 6 heteroatoms. The van der Waals surface area contributed by atoms with Crippen molar-refractivity contribution in [3.63, 3.8) is 0 Å². The first-order valence-electron chi connectivity index (χ1n) is 14.4. The summed E-state index contributed by atoms with van der Waals surface area (Å²) < 4.78 is 27.4. The van der Waals surface area contributed by atoms with E-state index in [9.17, 15) is 9.59 Å². The fourth-order valence-electron chi connectivity index (χ4n) is 6.91. The molecular weight excluding hydrogens is 469 g/mol. The molecule has 5 nitrogen and oxygen atoms in total. The van der Waals surface area contributed by atoms with Gasteiger partial charge in [0.2, 0.25) is 0 Å². The molecule has 0 radical (unpaired) electrons. The van der Waals surface area contributed by atoms with Gasteiger partial charge in [-0.15, -0.1) is 0 Å². The van der Waals surface area contributed by atoms with E-state index < -0.39 is 29.3 Å². The lowest BCUT2D eigenvalue weighted by atomic mass is 9.60. The fraction of sp³-hybridized carbons (Fsp3) is 0.742. The zero-order valence-electron chi connectivity index (χ0n) is 23.7. The SMILES string of the molecule is CCC1(COc2cc(F)c(C(=O)N3CCC[C@H]3C(=O)OC(C)(C)C)cc2C(C)C)CC2CCCC(C2)C1. The van der Waals surface area contributed by atoms with Crippen LogP contribution in [0, 0.1) is 23.1 Å². The normalized spacial score (nSPS) is 27.9. The fourth-order valence-corrected chi connectivity index (χ4v) is 6.91. The summed E-state index contributed by atoms with van der Waals surface area (Å²) in [5.74, 6) is 0.703. The van der Waals surface area contributed by atoms with Crippen molar-refractivity contribution in [3.8, 4) is 5.75 Å². The Labute approximate surface area is 222 Å². The van der Waals surface area contributed by atoms with Gasteiger partial charge >= 0.3 is 5.97 Å². The van der Waals surface area contributed by atoms with Crippen LogP contribution in [0.25, 0.3) is 0 Å². The molecule has 206 valence electrons. The maximum absolute atomic E-state index is 15.5. The Morgan fingerprint density at radius 1 is 1.11 bits per heavy atom. The van der Waals surface area contributed by atoms with E-state index in [4.69, 9.17) is 9.47 Å². The Morgan fingerprint density at radius 2 is 1.78 bits per heavy atom. The van der Waals surface area contributed by atoms with Crippen LogP contribution in [0.15, 0.2) is 12.1 Å². The number of nitrogens with zero attached hydrogens (tertiary/aromatic N) is 1. The molecule has 3 atom stereocenters. The number of rotatable bonds is 7. The lowest BCUT2D eigenvalue weighted by molar-refractivity contribution is -0.159. The van der Waals surface area contributed by atoms with Gasteiger partial charge in [-0.25, -0.2) is 9.18 Å². The standard InChI is InChI=1S/C31H46FNO4/c1-7-31(17-21-10-8-11-22(14-21)18-31)19-36-27-16-25(32)24(15-23(27)20(2)3)28(34)33-13-9-12-26(33)29(35)37-30(4,5)6/h15-16,20-22,26H,7-14,17-19H2,1-6H3/t21?,22?,26-,31?/m0/s1. The van der Waals surface area contributed by atoms with Gasteiger partial charge in [-0.05, 0) is 88.7 Å².